The lowest BCUT2D eigenvalue weighted by atomic mass is 9.91. The molecule has 2 unspecified atom stereocenters. The van der Waals surface area contributed by atoms with Gasteiger partial charge in [0.2, 0.25) is 0 Å². The van der Waals surface area contributed by atoms with E-state index < -0.39 is 12.0 Å². The number of fused-ring (bicyclic) bond motifs is 1. The molecule has 1 N–H and O–H groups in total. The van der Waals surface area contributed by atoms with Crippen molar-refractivity contribution in [2.24, 2.45) is 5.92 Å². The Morgan fingerprint density at radius 1 is 1.36 bits per heavy atom. The van der Waals surface area contributed by atoms with Gasteiger partial charge in [-0.3, -0.25) is 4.79 Å². The molecule has 2 aromatic rings. The number of hydrogen-bond donors (Lipinski definition) is 1. The van der Waals surface area contributed by atoms with Crippen LogP contribution in [0.3, 0.4) is 0 Å². The van der Waals surface area contributed by atoms with Gasteiger partial charge in [0.25, 0.3) is 5.91 Å². The van der Waals surface area contributed by atoms with Crippen LogP contribution in [0.4, 0.5) is 0 Å². The van der Waals surface area contributed by atoms with Crippen molar-refractivity contribution in [1.82, 2.24) is 19.7 Å². The number of carbonyl (C=O) groups excluding carboxylic acids is 1. The molecule has 3 rings (SSSR count). The second-order valence-corrected chi connectivity index (χ2v) is 7.20. The van der Waals surface area contributed by atoms with Gasteiger partial charge >= 0.3 is 5.97 Å². The first-order valence-corrected chi connectivity index (χ1v) is 8.68. The number of hydrogen-bond acceptors (Lipinski definition) is 4. The number of amides is 1. The summed E-state index contributed by atoms with van der Waals surface area (Å²) in [6.45, 7) is 8.31. The van der Waals surface area contributed by atoms with Crippen molar-refractivity contribution in [2.45, 2.75) is 52.6 Å². The molecule has 0 spiro atoms. The topological polar surface area (TPSA) is 88.3 Å². The molecule has 0 aromatic carbocycles. The molecule has 1 aliphatic rings. The molecular formula is C18H24N4O3. The number of rotatable bonds is 3. The highest BCUT2D eigenvalue weighted by atomic mass is 16.4. The number of piperidine rings is 1. The Kier molecular flexibility index (Phi) is 4.49. The summed E-state index contributed by atoms with van der Waals surface area (Å²) < 4.78 is 1.82. The van der Waals surface area contributed by atoms with E-state index in [-0.39, 0.29) is 11.9 Å². The molecule has 3 heterocycles. The smallest absolute Gasteiger partial charge is 0.326 e. The quantitative estimate of drug-likeness (QED) is 0.925. The van der Waals surface area contributed by atoms with Gasteiger partial charge in [0.05, 0.1) is 17.5 Å². The SMILES string of the molecule is Cc1nc2c(cnn2C(C)C)cc1C(=O)N1CCC(C)CC1C(=O)O. The Hall–Kier alpha value is -2.44. The third kappa shape index (κ3) is 3.10. The van der Waals surface area contributed by atoms with Crippen LogP contribution in [-0.4, -0.2) is 49.2 Å². The van der Waals surface area contributed by atoms with Crippen molar-refractivity contribution in [1.29, 1.82) is 0 Å². The lowest BCUT2D eigenvalue weighted by Crippen LogP contribution is -2.50. The van der Waals surface area contributed by atoms with E-state index in [2.05, 4.69) is 10.1 Å². The highest BCUT2D eigenvalue weighted by molar-refractivity contribution is 6.00. The fourth-order valence-corrected chi connectivity index (χ4v) is 3.43. The summed E-state index contributed by atoms with van der Waals surface area (Å²) in [5.74, 6) is -0.904. The minimum atomic E-state index is -0.945. The summed E-state index contributed by atoms with van der Waals surface area (Å²) in [7, 11) is 0. The lowest BCUT2D eigenvalue weighted by molar-refractivity contribution is -0.144. The minimum Gasteiger partial charge on any atom is -0.480 e. The van der Waals surface area contributed by atoms with E-state index in [0.717, 1.165) is 17.5 Å². The number of carboxylic acid groups (broad SMARTS) is 1. The maximum Gasteiger partial charge on any atom is 0.326 e. The van der Waals surface area contributed by atoms with Crippen LogP contribution in [0.1, 0.15) is 55.7 Å². The van der Waals surface area contributed by atoms with Gasteiger partial charge in [-0.15, -0.1) is 0 Å². The Balaban J connectivity index is 1.99. The van der Waals surface area contributed by atoms with Gasteiger partial charge in [0.15, 0.2) is 5.65 Å². The predicted octanol–water partition coefficient (Wildman–Crippen LogP) is 2.65. The van der Waals surface area contributed by atoms with Gasteiger partial charge in [-0.25, -0.2) is 14.5 Å². The average molecular weight is 344 g/mol. The van der Waals surface area contributed by atoms with Crippen molar-refractivity contribution in [3.05, 3.63) is 23.5 Å². The van der Waals surface area contributed by atoms with Crippen LogP contribution in [-0.2, 0) is 4.79 Å². The fourth-order valence-electron chi connectivity index (χ4n) is 3.43. The molecule has 1 amide bonds. The number of likely N-dealkylation sites (tertiary alicyclic amines) is 1. The molecule has 7 nitrogen and oxygen atoms in total. The number of carbonyl (C=O) groups is 2. The van der Waals surface area contributed by atoms with Gasteiger partial charge in [-0.1, -0.05) is 6.92 Å². The van der Waals surface area contributed by atoms with Gasteiger partial charge in [0, 0.05) is 18.0 Å². The molecule has 1 saturated heterocycles. The molecule has 7 heteroatoms. The summed E-state index contributed by atoms with van der Waals surface area (Å²) in [5, 5.41) is 14.6. The molecule has 1 aliphatic heterocycles. The summed E-state index contributed by atoms with van der Waals surface area (Å²) in [4.78, 5) is 30.7. The van der Waals surface area contributed by atoms with Gasteiger partial charge < -0.3 is 10.0 Å². The number of nitrogens with zero attached hydrogens (tertiary/aromatic N) is 4. The van der Waals surface area contributed by atoms with Gasteiger partial charge in [0.1, 0.15) is 6.04 Å². The maximum atomic E-state index is 13.0. The molecule has 1 fully saturated rings. The zero-order valence-electron chi connectivity index (χ0n) is 15.1. The number of pyridine rings is 1. The van der Waals surface area contributed by atoms with Crippen LogP contribution in [0.2, 0.25) is 0 Å². The van der Waals surface area contributed by atoms with Crippen LogP contribution in [0.15, 0.2) is 12.3 Å². The Morgan fingerprint density at radius 2 is 2.08 bits per heavy atom. The zero-order chi connectivity index (χ0) is 18.3. The standard InChI is InChI=1S/C18H24N4O3/c1-10(2)22-16-13(9-19-22)8-14(12(4)20-16)17(23)21-6-5-11(3)7-15(21)18(24)25/h8-11,15H,5-7H2,1-4H3,(H,24,25). The Labute approximate surface area is 146 Å². The van der Waals surface area contributed by atoms with Crippen LogP contribution in [0, 0.1) is 12.8 Å². The van der Waals surface area contributed by atoms with E-state index in [4.69, 9.17) is 0 Å². The molecule has 0 radical (unpaired) electrons. The van der Waals surface area contributed by atoms with E-state index in [1.165, 1.54) is 4.90 Å². The van der Waals surface area contributed by atoms with E-state index in [0.29, 0.717) is 30.1 Å². The zero-order valence-corrected chi connectivity index (χ0v) is 15.1. The van der Waals surface area contributed by atoms with Crippen molar-refractivity contribution in [3.63, 3.8) is 0 Å². The van der Waals surface area contributed by atoms with Crippen molar-refractivity contribution in [3.8, 4) is 0 Å². The second-order valence-electron chi connectivity index (χ2n) is 7.20. The van der Waals surface area contributed by atoms with Gasteiger partial charge in [-0.2, -0.15) is 5.10 Å². The third-order valence-electron chi connectivity index (χ3n) is 4.89. The highest BCUT2D eigenvalue weighted by Crippen LogP contribution is 2.26. The first kappa shape index (κ1) is 17.4. The summed E-state index contributed by atoms with van der Waals surface area (Å²) in [5.41, 5.74) is 1.80. The lowest BCUT2D eigenvalue weighted by Gasteiger charge is -2.36. The van der Waals surface area contributed by atoms with Crippen LogP contribution in [0.25, 0.3) is 11.0 Å². The molecule has 0 bridgehead atoms. The van der Waals surface area contributed by atoms with Crippen LogP contribution < -0.4 is 0 Å². The van der Waals surface area contributed by atoms with Crippen LogP contribution in [0.5, 0.6) is 0 Å². The monoisotopic (exact) mass is 344 g/mol. The minimum absolute atomic E-state index is 0.172. The predicted molar refractivity (Wildman–Crippen MR) is 93.5 cm³/mol. The fraction of sp³-hybridized carbons (Fsp3) is 0.556. The second kappa shape index (κ2) is 6.46. The first-order valence-electron chi connectivity index (χ1n) is 8.68. The Morgan fingerprint density at radius 3 is 2.72 bits per heavy atom. The first-order chi connectivity index (χ1) is 11.8. The van der Waals surface area contributed by atoms with Crippen molar-refractivity contribution in [2.75, 3.05) is 6.54 Å². The summed E-state index contributed by atoms with van der Waals surface area (Å²) in [6.07, 6.45) is 3.00. The highest BCUT2D eigenvalue weighted by Gasteiger charge is 2.35. The molecule has 134 valence electrons. The van der Waals surface area contributed by atoms with E-state index in [9.17, 15) is 14.7 Å². The third-order valence-corrected chi connectivity index (χ3v) is 4.89. The molecule has 2 aromatic heterocycles. The maximum absolute atomic E-state index is 13.0. The number of aliphatic carboxylic acids is 1. The van der Waals surface area contributed by atoms with E-state index in [1.54, 1.807) is 19.2 Å². The number of aryl methyl sites for hydroxylation is 1. The molecule has 25 heavy (non-hydrogen) atoms. The summed E-state index contributed by atoms with van der Waals surface area (Å²) >= 11 is 0. The van der Waals surface area contributed by atoms with Crippen LogP contribution >= 0.6 is 0 Å². The number of aromatic nitrogens is 3. The normalized spacial score (nSPS) is 21.1. The largest absolute Gasteiger partial charge is 0.480 e. The molecule has 2 atom stereocenters. The molecule has 0 aliphatic carbocycles. The van der Waals surface area contributed by atoms with E-state index >= 15 is 0 Å². The molecular weight excluding hydrogens is 320 g/mol. The number of carboxylic acids is 1. The summed E-state index contributed by atoms with van der Waals surface area (Å²) in [6, 6.07) is 1.18. The van der Waals surface area contributed by atoms with Gasteiger partial charge in [-0.05, 0) is 45.6 Å². The molecule has 0 saturated carbocycles. The van der Waals surface area contributed by atoms with Crippen molar-refractivity contribution < 1.29 is 14.7 Å². The van der Waals surface area contributed by atoms with Crippen molar-refractivity contribution >= 4 is 22.9 Å². The van der Waals surface area contributed by atoms with E-state index in [1.807, 2.05) is 25.5 Å². The average Bonchev–Trinajstić information content (AvgIpc) is 2.96. The Bertz CT molecular complexity index is 827.